The molecule has 0 atom stereocenters. The average molecular weight is 392 g/mol. The van der Waals surface area contributed by atoms with Crippen LogP contribution in [0.4, 0.5) is 0 Å². The SMILES string of the molecule is COC(=O)/C=C/n1nnn(CCCCCn2nnn(/C=C/C(C)=O)c2=O)c1=O. The quantitative estimate of drug-likeness (QED) is 0.275. The highest BCUT2D eigenvalue weighted by atomic mass is 16.5. The summed E-state index contributed by atoms with van der Waals surface area (Å²) >= 11 is 0. The Morgan fingerprint density at radius 3 is 1.82 bits per heavy atom. The Hall–Kier alpha value is -3.64. The first-order valence-corrected chi connectivity index (χ1v) is 8.42. The second kappa shape index (κ2) is 9.89. The summed E-state index contributed by atoms with van der Waals surface area (Å²) in [5.74, 6) is -0.806. The zero-order valence-electron chi connectivity index (χ0n) is 15.5. The van der Waals surface area contributed by atoms with Crippen molar-refractivity contribution in [3.05, 3.63) is 33.1 Å². The maximum Gasteiger partial charge on any atom is 0.367 e. The van der Waals surface area contributed by atoms with Crippen molar-refractivity contribution in [3.63, 3.8) is 0 Å². The molecule has 0 saturated carbocycles. The summed E-state index contributed by atoms with van der Waals surface area (Å²) in [6.45, 7) is 2.06. The number of ketones is 1. The van der Waals surface area contributed by atoms with Gasteiger partial charge in [-0.25, -0.2) is 14.4 Å². The van der Waals surface area contributed by atoms with E-state index in [1.807, 2.05) is 0 Å². The number of esters is 1. The third kappa shape index (κ3) is 5.69. The van der Waals surface area contributed by atoms with Crippen molar-refractivity contribution in [3.8, 4) is 0 Å². The molecule has 0 unspecified atom stereocenters. The number of hydrogen-bond acceptors (Lipinski definition) is 9. The number of carbonyl (C=O) groups is 2. The summed E-state index contributed by atoms with van der Waals surface area (Å²) in [6, 6.07) is 0. The van der Waals surface area contributed by atoms with Crippen molar-refractivity contribution < 1.29 is 14.3 Å². The van der Waals surface area contributed by atoms with E-state index in [1.54, 1.807) is 0 Å². The summed E-state index contributed by atoms with van der Waals surface area (Å²) in [4.78, 5) is 45.9. The number of methoxy groups -OCH3 is 1. The van der Waals surface area contributed by atoms with Crippen molar-refractivity contribution in [1.82, 2.24) is 39.6 Å². The first kappa shape index (κ1) is 20.7. The Balaban J connectivity index is 1.80. The van der Waals surface area contributed by atoms with Crippen LogP contribution in [0.1, 0.15) is 26.2 Å². The van der Waals surface area contributed by atoms with Crippen molar-refractivity contribution in [2.24, 2.45) is 0 Å². The van der Waals surface area contributed by atoms with Gasteiger partial charge in [0.15, 0.2) is 5.78 Å². The molecule has 0 aliphatic heterocycles. The molecule has 28 heavy (non-hydrogen) atoms. The predicted molar refractivity (Wildman–Crippen MR) is 95.8 cm³/mol. The highest BCUT2D eigenvalue weighted by Gasteiger charge is 2.06. The van der Waals surface area contributed by atoms with Crippen LogP contribution < -0.4 is 11.4 Å². The van der Waals surface area contributed by atoms with E-state index >= 15 is 0 Å². The number of allylic oxidation sites excluding steroid dienone is 1. The summed E-state index contributed by atoms with van der Waals surface area (Å²) in [7, 11) is 1.23. The smallest absolute Gasteiger partial charge is 0.367 e. The summed E-state index contributed by atoms with van der Waals surface area (Å²) in [6.07, 6.45) is 6.71. The van der Waals surface area contributed by atoms with Crippen LogP contribution in [0.25, 0.3) is 12.4 Å². The molecule has 13 nitrogen and oxygen atoms in total. The topological polar surface area (TPSA) is 149 Å². The van der Waals surface area contributed by atoms with E-state index < -0.39 is 17.3 Å². The third-order valence-electron chi connectivity index (χ3n) is 3.57. The monoisotopic (exact) mass is 392 g/mol. The van der Waals surface area contributed by atoms with Gasteiger partial charge in [-0.1, -0.05) is 0 Å². The van der Waals surface area contributed by atoms with E-state index in [2.05, 4.69) is 25.6 Å². The largest absolute Gasteiger partial charge is 0.466 e. The maximum atomic E-state index is 12.0. The Morgan fingerprint density at radius 2 is 1.36 bits per heavy atom. The van der Waals surface area contributed by atoms with E-state index in [0.29, 0.717) is 32.4 Å². The van der Waals surface area contributed by atoms with Crippen LogP contribution in [0.15, 0.2) is 21.7 Å². The van der Waals surface area contributed by atoms with Gasteiger partial charge in [0.05, 0.1) is 7.11 Å². The zero-order valence-corrected chi connectivity index (χ0v) is 15.5. The van der Waals surface area contributed by atoms with Crippen LogP contribution in [0.5, 0.6) is 0 Å². The van der Waals surface area contributed by atoms with Crippen LogP contribution >= 0.6 is 0 Å². The van der Waals surface area contributed by atoms with Crippen molar-refractivity contribution in [2.75, 3.05) is 7.11 Å². The van der Waals surface area contributed by atoms with Gasteiger partial charge < -0.3 is 4.74 Å². The minimum atomic E-state index is -0.606. The van der Waals surface area contributed by atoms with Gasteiger partial charge in [0.1, 0.15) is 0 Å². The first-order valence-electron chi connectivity index (χ1n) is 8.42. The fraction of sp³-hybridized carbons (Fsp3) is 0.467. The standard InChI is InChI=1S/C15H20N8O5/c1-12(24)6-10-22-14(26)20(16-18-22)8-4-3-5-9-21-15(27)23(19-17-21)11-7-13(25)28-2/h6-7,10-11H,3-5,8-9H2,1-2H3/b10-6+,11-7+. The molecule has 0 aromatic carbocycles. The van der Waals surface area contributed by atoms with Crippen LogP contribution in [-0.2, 0) is 27.4 Å². The Kier molecular flexibility index (Phi) is 7.30. The van der Waals surface area contributed by atoms with Gasteiger partial charge in [-0.15, -0.1) is 0 Å². The fourth-order valence-corrected chi connectivity index (χ4v) is 2.12. The van der Waals surface area contributed by atoms with Crippen LogP contribution in [0.3, 0.4) is 0 Å². The number of aromatic nitrogens is 8. The molecular formula is C15H20N8O5. The van der Waals surface area contributed by atoms with Crippen molar-refractivity contribution in [1.29, 1.82) is 0 Å². The van der Waals surface area contributed by atoms with Crippen LogP contribution in [0.2, 0.25) is 0 Å². The number of nitrogens with zero attached hydrogens (tertiary/aromatic N) is 8. The summed E-state index contributed by atoms with van der Waals surface area (Å²) in [5.41, 5.74) is -0.911. The highest BCUT2D eigenvalue weighted by molar-refractivity contribution is 5.89. The van der Waals surface area contributed by atoms with E-state index in [-0.39, 0.29) is 5.78 Å². The Morgan fingerprint density at radius 1 is 0.857 bits per heavy atom. The minimum Gasteiger partial charge on any atom is -0.466 e. The lowest BCUT2D eigenvalue weighted by atomic mass is 10.2. The number of rotatable bonds is 10. The summed E-state index contributed by atoms with van der Waals surface area (Å²) in [5, 5.41) is 14.8. The minimum absolute atomic E-state index is 0.200. The van der Waals surface area contributed by atoms with Crippen molar-refractivity contribution >= 4 is 24.2 Å². The van der Waals surface area contributed by atoms with E-state index in [4.69, 9.17) is 0 Å². The van der Waals surface area contributed by atoms with E-state index in [0.717, 1.165) is 15.4 Å². The van der Waals surface area contributed by atoms with Gasteiger partial charge in [0.2, 0.25) is 0 Å². The molecule has 150 valence electrons. The first-order chi connectivity index (χ1) is 13.4. The second-order valence-electron chi connectivity index (χ2n) is 5.68. The Labute approximate surface area is 158 Å². The number of ether oxygens (including phenoxy) is 1. The van der Waals surface area contributed by atoms with Gasteiger partial charge in [-0.2, -0.15) is 18.7 Å². The number of hydrogen-bond donors (Lipinski definition) is 0. The molecular weight excluding hydrogens is 372 g/mol. The molecule has 0 amide bonds. The normalized spacial score (nSPS) is 11.5. The molecule has 0 fully saturated rings. The maximum absolute atomic E-state index is 12.0. The van der Waals surface area contributed by atoms with Gasteiger partial charge in [0.25, 0.3) is 0 Å². The lowest BCUT2D eigenvalue weighted by molar-refractivity contribution is -0.134. The fourth-order valence-electron chi connectivity index (χ4n) is 2.12. The van der Waals surface area contributed by atoms with Crippen LogP contribution in [0, 0.1) is 0 Å². The Bertz CT molecular complexity index is 993. The third-order valence-corrected chi connectivity index (χ3v) is 3.57. The molecule has 0 radical (unpaired) electrons. The molecule has 0 aliphatic carbocycles. The number of unbranched alkanes of at least 4 members (excludes halogenated alkanes) is 2. The highest BCUT2D eigenvalue weighted by Crippen LogP contribution is 1.98. The zero-order chi connectivity index (χ0) is 20.5. The van der Waals surface area contributed by atoms with Crippen LogP contribution in [-0.4, -0.2) is 58.4 Å². The molecule has 2 heterocycles. The molecule has 2 aromatic rings. The second-order valence-corrected chi connectivity index (χ2v) is 5.68. The van der Waals surface area contributed by atoms with Crippen molar-refractivity contribution in [2.45, 2.75) is 39.3 Å². The lowest BCUT2D eigenvalue weighted by Gasteiger charge is -2.00. The molecule has 0 saturated heterocycles. The number of aryl methyl sites for hydroxylation is 2. The molecule has 2 rings (SSSR count). The average Bonchev–Trinajstić information content (AvgIpc) is 3.20. The van der Waals surface area contributed by atoms with E-state index in [1.165, 1.54) is 41.9 Å². The molecule has 0 aliphatic rings. The lowest BCUT2D eigenvalue weighted by Crippen LogP contribution is -2.24. The molecule has 0 spiro atoms. The molecule has 2 aromatic heterocycles. The van der Waals surface area contributed by atoms with Gasteiger partial charge in [0, 0.05) is 31.6 Å². The summed E-state index contributed by atoms with van der Waals surface area (Å²) < 4.78 is 8.73. The molecule has 0 N–H and O–H groups in total. The van der Waals surface area contributed by atoms with Gasteiger partial charge in [-0.3, -0.25) is 4.79 Å². The van der Waals surface area contributed by atoms with E-state index in [9.17, 15) is 19.2 Å². The molecule has 13 heteroatoms. The number of tetrazole rings is 2. The van der Waals surface area contributed by atoms with Gasteiger partial charge >= 0.3 is 17.3 Å². The molecule has 0 bridgehead atoms. The van der Waals surface area contributed by atoms with Gasteiger partial charge in [-0.05, 0) is 53.1 Å². The predicted octanol–water partition coefficient (Wildman–Crippen LogP) is -1.23. The number of carbonyl (C=O) groups excluding carboxylic acids is 2.